The minimum absolute atomic E-state index is 0.105. The van der Waals surface area contributed by atoms with Crippen molar-refractivity contribution in [2.24, 2.45) is 5.16 Å². The molecule has 0 amide bonds. The molecule has 0 saturated carbocycles. The molecule has 116 valence electrons. The molecule has 3 aromatic rings. The van der Waals surface area contributed by atoms with Crippen LogP contribution in [0.4, 0.5) is 13.2 Å². The van der Waals surface area contributed by atoms with Crippen molar-refractivity contribution in [3.05, 3.63) is 53.3 Å². The first-order valence-electron chi connectivity index (χ1n) is 6.73. The summed E-state index contributed by atoms with van der Waals surface area (Å²) < 4.78 is 46.6. The van der Waals surface area contributed by atoms with Crippen LogP contribution in [0.1, 0.15) is 11.7 Å². The minimum Gasteiger partial charge on any atom is -0.479 e. The zero-order valence-corrected chi connectivity index (χ0v) is 11.5. The number of benzene rings is 2. The van der Waals surface area contributed by atoms with E-state index in [0.29, 0.717) is 16.8 Å². The van der Waals surface area contributed by atoms with Crippen LogP contribution in [0.5, 0.6) is 5.75 Å². The summed E-state index contributed by atoms with van der Waals surface area (Å²) in [6, 6.07) is 5.85. The number of hydrogen-bond acceptors (Lipinski definition) is 3. The average molecular weight is 318 g/mol. The Bertz CT molecular complexity index is 966. The van der Waals surface area contributed by atoms with Crippen molar-refractivity contribution in [3.63, 3.8) is 0 Å². The summed E-state index contributed by atoms with van der Waals surface area (Å²) in [5.74, 6) is -1.77. The first-order valence-corrected chi connectivity index (χ1v) is 6.73. The van der Waals surface area contributed by atoms with Crippen LogP contribution in [0.2, 0.25) is 0 Å². The third kappa shape index (κ3) is 1.97. The number of hydrogen-bond donors (Lipinski definition) is 2. The molecule has 1 aromatic heterocycles. The van der Waals surface area contributed by atoms with Gasteiger partial charge in [0, 0.05) is 28.6 Å². The van der Waals surface area contributed by atoms with Crippen LogP contribution in [0.15, 0.2) is 35.5 Å². The van der Waals surface area contributed by atoms with E-state index >= 15 is 0 Å². The average Bonchev–Trinajstić information content (AvgIpc) is 2.87. The van der Waals surface area contributed by atoms with Gasteiger partial charge in [0.2, 0.25) is 0 Å². The van der Waals surface area contributed by atoms with Gasteiger partial charge in [0.15, 0.2) is 6.10 Å². The highest BCUT2D eigenvalue weighted by atomic mass is 19.1. The minimum atomic E-state index is -0.903. The molecule has 2 aromatic carbocycles. The Balaban J connectivity index is 2.09. The Kier molecular flexibility index (Phi) is 2.84. The summed E-state index contributed by atoms with van der Waals surface area (Å²) in [7, 11) is 0. The lowest BCUT2D eigenvalue weighted by molar-refractivity contribution is 0.260. The smallest absolute Gasteiger partial charge is 0.165 e. The summed E-state index contributed by atoms with van der Waals surface area (Å²) in [4.78, 5) is 2.89. The van der Waals surface area contributed by atoms with Gasteiger partial charge in [-0.2, -0.15) is 0 Å². The molecule has 4 rings (SSSR count). The van der Waals surface area contributed by atoms with Crippen molar-refractivity contribution in [1.82, 2.24) is 4.98 Å². The van der Waals surface area contributed by atoms with Gasteiger partial charge in [-0.1, -0.05) is 5.16 Å². The van der Waals surface area contributed by atoms with Gasteiger partial charge < -0.3 is 14.9 Å². The van der Waals surface area contributed by atoms with Crippen LogP contribution in [0.3, 0.4) is 0 Å². The summed E-state index contributed by atoms with van der Waals surface area (Å²) in [6.45, 7) is 0. The number of oxime groups is 1. The van der Waals surface area contributed by atoms with Crippen molar-refractivity contribution in [2.75, 3.05) is 0 Å². The zero-order chi connectivity index (χ0) is 16.1. The van der Waals surface area contributed by atoms with Gasteiger partial charge in [0.25, 0.3) is 0 Å². The molecular weight excluding hydrogens is 309 g/mol. The fourth-order valence-electron chi connectivity index (χ4n) is 2.91. The summed E-state index contributed by atoms with van der Waals surface area (Å²) in [6.07, 6.45) is 0.169. The monoisotopic (exact) mass is 318 g/mol. The van der Waals surface area contributed by atoms with E-state index in [1.807, 2.05) is 0 Å². The lowest BCUT2D eigenvalue weighted by Crippen LogP contribution is -2.15. The van der Waals surface area contributed by atoms with Gasteiger partial charge in [-0.3, -0.25) is 0 Å². The van der Waals surface area contributed by atoms with Crippen LogP contribution >= 0.6 is 0 Å². The Morgan fingerprint density at radius 1 is 1.13 bits per heavy atom. The normalized spacial score (nSPS) is 16.4. The number of halogens is 3. The Labute approximate surface area is 127 Å². The van der Waals surface area contributed by atoms with Crippen molar-refractivity contribution in [1.29, 1.82) is 0 Å². The second-order valence-electron chi connectivity index (χ2n) is 5.17. The van der Waals surface area contributed by atoms with Crippen LogP contribution < -0.4 is 4.74 Å². The lowest BCUT2D eigenvalue weighted by atomic mass is 9.97. The third-order valence-electron chi connectivity index (χ3n) is 3.82. The number of aromatic nitrogens is 1. The van der Waals surface area contributed by atoms with Gasteiger partial charge in [-0.05, 0) is 18.2 Å². The fourth-order valence-corrected chi connectivity index (χ4v) is 2.91. The van der Waals surface area contributed by atoms with E-state index in [1.54, 1.807) is 0 Å². The van der Waals surface area contributed by atoms with E-state index in [1.165, 1.54) is 24.3 Å². The van der Waals surface area contributed by atoms with Crippen molar-refractivity contribution in [2.45, 2.75) is 6.10 Å². The summed E-state index contributed by atoms with van der Waals surface area (Å²) in [5.41, 5.74) is 1.51. The fraction of sp³-hybridized carbons (Fsp3) is 0.0625. The molecule has 0 fully saturated rings. The molecule has 0 radical (unpaired) electrons. The topological polar surface area (TPSA) is 57.6 Å². The van der Waals surface area contributed by atoms with E-state index in [0.717, 1.165) is 12.3 Å². The SMILES string of the molecule is ON=CC1Oc2cc(F)ccc2-c2[nH]c3c(F)cc(F)cc3c21. The number of fused-ring (bicyclic) bond motifs is 5. The molecule has 2 N–H and O–H groups in total. The highest BCUT2D eigenvalue weighted by Crippen LogP contribution is 2.45. The van der Waals surface area contributed by atoms with Gasteiger partial charge in [-0.25, -0.2) is 13.2 Å². The highest BCUT2D eigenvalue weighted by Gasteiger charge is 2.30. The van der Waals surface area contributed by atoms with Crippen molar-refractivity contribution < 1.29 is 23.1 Å². The van der Waals surface area contributed by atoms with Crippen LogP contribution in [-0.4, -0.2) is 16.4 Å². The summed E-state index contributed by atoms with van der Waals surface area (Å²) in [5, 5.41) is 12.0. The zero-order valence-electron chi connectivity index (χ0n) is 11.5. The number of aromatic amines is 1. The van der Waals surface area contributed by atoms with Crippen LogP contribution in [-0.2, 0) is 0 Å². The van der Waals surface area contributed by atoms with E-state index < -0.39 is 23.6 Å². The summed E-state index contributed by atoms with van der Waals surface area (Å²) >= 11 is 0. The predicted molar refractivity (Wildman–Crippen MR) is 77.3 cm³/mol. The number of H-pyrrole nitrogens is 1. The quantitative estimate of drug-likeness (QED) is 0.402. The first kappa shape index (κ1) is 13.7. The molecule has 0 bridgehead atoms. The number of ether oxygens (including phenoxy) is 1. The largest absolute Gasteiger partial charge is 0.479 e. The Morgan fingerprint density at radius 2 is 1.96 bits per heavy atom. The molecule has 0 saturated heterocycles. The van der Waals surface area contributed by atoms with Crippen LogP contribution in [0, 0.1) is 17.5 Å². The maximum Gasteiger partial charge on any atom is 0.165 e. The van der Waals surface area contributed by atoms with Crippen molar-refractivity contribution in [3.8, 4) is 17.0 Å². The second-order valence-corrected chi connectivity index (χ2v) is 5.17. The molecule has 0 spiro atoms. The Hall–Kier alpha value is -2.96. The van der Waals surface area contributed by atoms with E-state index in [4.69, 9.17) is 9.94 Å². The van der Waals surface area contributed by atoms with Gasteiger partial charge in [-0.15, -0.1) is 0 Å². The first-order chi connectivity index (χ1) is 11.1. The number of nitrogens with zero attached hydrogens (tertiary/aromatic N) is 1. The molecule has 1 aliphatic rings. The maximum absolute atomic E-state index is 14.0. The standard InChI is InChI=1S/C16H9F3N2O2/c17-7-1-2-9-12(5-7)23-13(6-20-22)14-10-3-8(18)4-11(19)15(10)21-16(9)14/h1-6,13,21-22H. The maximum atomic E-state index is 14.0. The Morgan fingerprint density at radius 3 is 2.74 bits per heavy atom. The lowest BCUT2D eigenvalue weighted by Gasteiger charge is -2.23. The van der Waals surface area contributed by atoms with Gasteiger partial charge >= 0.3 is 0 Å². The molecule has 1 unspecified atom stereocenters. The number of rotatable bonds is 1. The number of nitrogens with one attached hydrogen (secondary N) is 1. The van der Waals surface area contributed by atoms with Crippen LogP contribution in [0.25, 0.3) is 22.2 Å². The molecule has 0 aliphatic carbocycles. The van der Waals surface area contributed by atoms with Gasteiger partial charge in [0.1, 0.15) is 23.2 Å². The predicted octanol–water partition coefficient (Wildman–Crippen LogP) is 4.15. The molecule has 1 atom stereocenters. The molecule has 7 heteroatoms. The second kappa shape index (κ2) is 4.77. The third-order valence-corrected chi connectivity index (χ3v) is 3.82. The van der Waals surface area contributed by atoms with Crippen molar-refractivity contribution >= 4 is 17.1 Å². The van der Waals surface area contributed by atoms with Gasteiger partial charge in [0.05, 0.1) is 17.4 Å². The molecule has 1 aliphatic heterocycles. The van der Waals surface area contributed by atoms with E-state index in [2.05, 4.69) is 10.1 Å². The molecule has 4 nitrogen and oxygen atoms in total. The molecule has 2 heterocycles. The molecule has 23 heavy (non-hydrogen) atoms. The van der Waals surface area contributed by atoms with E-state index in [9.17, 15) is 13.2 Å². The molecular formula is C16H9F3N2O2. The highest BCUT2D eigenvalue weighted by molar-refractivity contribution is 5.96. The van der Waals surface area contributed by atoms with E-state index in [-0.39, 0.29) is 16.7 Å².